The normalized spacial score (nSPS) is 10.9. The van der Waals surface area contributed by atoms with E-state index in [1.54, 1.807) is 33.9 Å². The van der Waals surface area contributed by atoms with Crippen molar-refractivity contribution in [2.45, 2.75) is 13.1 Å². The van der Waals surface area contributed by atoms with Gasteiger partial charge in [-0.25, -0.2) is 4.39 Å². The molecule has 0 spiro atoms. The molecule has 2 aromatic carbocycles. The van der Waals surface area contributed by atoms with E-state index < -0.39 is 0 Å². The van der Waals surface area contributed by atoms with Crippen molar-refractivity contribution in [3.05, 3.63) is 92.5 Å². The molecule has 11 heteroatoms. The molecule has 164 valence electrons. The van der Waals surface area contributed by atoms with Gasteiger partial charge in [0.1, 0.15) is 5.82 Å². The Bertz CT molecular complexity index is 1250. The van der Waals surface area contributed by atoms with Gasteiger partial charge in [0.05, 0.1) is 29.4 Å². The smallest absolute Gasteiger partial charge is 0.176 e. The Hall–Kier alpha value is -2.46. The summed E-state index contributed by atoms with van der Waals surface area (Å²) in [5.74, 6) is 0.104. The Labute approximate surface area is 207 Å². The summed E-state index contributed by atoms with van der Waals surface area (Å²) in [7, 11) is 0. The average molecular weight is 554 g/mol. The zero-order valence-electron chi connectivity index (χ0n) is 16.4. The summed E-state index contributed by atoms with van der Waals surface area (Å²) in [6, 6.07) is 12.2. The number of nitrogens with one attached hydrogen (secondary N) is 2. The van der Waals surface area contributed by atoms with Crippen molar-refractivity contribution < 1.29 is 4.39 Å². The maximum Gasteiger partial charge on any atom is 0.176 e. The van der Waals surface area contributed by atoms with Gasteiger partial charge < -0.3 is 10.6 Å². The zero-order valence-corrected chi connectivity index (χ0v) is 20.3. The molecule has 0 amide bonds. The molecule has 0 unspecified atom stereocenters. The first kappa shape index (κ1) is 22.7. The van der Waals surface area contributed by atoms with Crippen molar-refractivity contribution in [2.24, 2.45) is 0 Å². The van der Waals surface area contributed by atoms with Crippen LogP contribution in [0.15, 0.2) is 65.5 Å². The predicted molar refractivity (Wildman–Crippen MR) is 133 cm³/mol. The quantitative estimate of drug-likeness (QED) is 0.279. The number of aromatic nitrogens is 4. The van der Waals surface area contributed by atoms with Crippen LogP contribution in [0.5, 0.6) is 0 Å². The second-order valence-electron chi connectivity index (χ2n) is 6.86. The van der Waals surface area contributed by atoms with E-state index in [0.29, 0.717) is 37.6 Å². The zero-order chi connectivity index (χ0) is 22.7. The Morgan fingerprint density at radius 3 is 2.66 bits per heavy atom. The lowest BCUT2D eigenvalue weighted by molar-refractivity contribution is 0.586. The molecule has 2 aromatic heterocycles. The molecule has 4 aromatic rings. The minimum Gasteiger partial charge on any atom is -0.330 e. The number of hydrogen-bond donors (Lipinski definition) is 2. The van der Waals surface area contributed by atoms with E-state index in [2.05, 4.69) is 36.8 Å². The summed E-state index contributed by atoms with van der Waals surface area (Å²) >= 11 is 21.0. The summed E-state index contributed by atoms with van der Waals surface area (Å²) in [6.45, 7) is 0.763. The monoisotopic (exact) mass is 552 g/mol. The van der Waals surface area contributed by atoms with Gasteiger partial charge in [-0.1, -0.05) is 41.4 Å². The van der Waals surface area contributed by atoms with E-state index in [1.807, 2.05) is 30.5 Å². The number of thiocarbonyl (C=S) groups is 1. The highest BCUT2D eigenvalue weighted by atomic mass is 79.9. The molecular formula is C21H16BrCl2FN6S. The number of benzene rings is 2. The second-order valence-corrected chi connectivity index (χ2v) is 8.97. The topological polar surface area (TPSA) is 59.7 Å². The van der Waals surface area contributed by atoms with Gasteiger partial charge in [0.2, 0.25) is 0 Å². The summed E-state index contributed by atoms with van der Waals surface area (Å²) in [5, 5.41) is 16.2. The van der Waals surface area contributed by atoms with Crippen molar-refractivity contribution in [1.29, 1.82) is 0 Å². The number of rotatable bonds is 6. The highest BCUT2D eigenvalue weighted by molar-refractivity contribution is 9.10. The van der Waals surface area contributed by atoms with Crippen molar-refractivity contribution in [1.82, 2.24) is 19.6 Å². The van der Waals surface area contributed by atoms with Crippen LogP contribution in [0.4, 0.5) is 15.9 Å². The van der Waals surface area contributed by atoms with Crippen LogP contribution >= 0.6 is 51.3 Å². The standard InChI is InChI=1S/C21H16BrCl2FN6S/c22-17-12-31(11-16-18(24)5-2-6-19(16)25)29-20(17)28-21(32)27-15-8-26-30(10-15)9-13-3-1-4-14(23)7-13/h1-8,10,12H,9,11H2,(H2,27,28,29,32). The van der Waals surface area contributed by atoms with Gasteiger partial charge in [0, 0.05) is 28.0 Å². The van der Waals surface area contributed by atoms with Gasteiger partial charge >= 0.3 is 0 Å². The summed E-state index contributed by atoms with van der Waals surface area (Å²) in [6.07, 6.45) is 5.23. The first-order valence-corrected chi connectivity index (χ1v) is 11.3. The highest BCUT2D eigenvalue weighted by Crippen LogP contribution is 2.24. The first-order valence-electron chi connectivity index (χ1n) is 9.38. The molecule has 2 N–H and O–H groups in total. The molecule has 0 aliphatic rings. The molecule has 0 bridgehead atoms. The molecule has 0 saturated carbocycles. The highest BCUT2D eigenvalue weighted by Gasteiger charge is 2.13. The Morgan fingerprint density at radius 2 is 1.88 bits per heavy atom. The van der Waals surface area contributed by atoms with Gasteiger partial charge in [-0.3, -0.25) is 9.36 Å². The largest absolute Gasteiger partial charge is 0.330 e. The number of halogens is 4. The maximum atomic E-state index is 14.1. The fourth-order valence-corrected chi connectivity index (χ4v) is 4.08. The van der Waals surface area contributed by atoms with Crippen LogP contribution in [0.1, 0.15) is 11.1 Å². The van der Waals surface area contributed by atoms with Crippen molar-refractivity contribution in [3.63, 3.8) is 0 Å². The van der Waals surface area contributed by atoms with Crippen LogP contribution in [0, 0.1) is 5.82 Å². The second kappa shape index (κ2) is 9.99. The van der Waals surface area contributed by atoms with E-state index in [4.69, 9.17) is 35.4 Å². The number of hydrogen-bond acceptors (Lipinski definition) is 3. The predicted octanol–water partition coefficient (Wildman–Crippen LogP) is 6.19. The molecule has 2 heterocycles. The molecule has 0 saturated heterocycles. The van der Waals surface area contributed by atoms with Crippen LogP contribution < -0.4 is 10.6 Å². The minimum absolute atomic E-state index is 0.183. The molecule has 0 aliphatic carbocycles. The van der Waals surface area contributed by atoms with E-state index in [1.165, 1.54) is 6.07 Å². The van der Waals surface area contributed by atoms with Crippen LogP contribution in [0.2, 0.25) is 10.0 Å². The lowest BCUT2D eigenvalue weighted by atomic mass is 10.2. The number of nitrogens with zero attached hydrogens (tertiary/aromatic N) is 4. The van der Waals surface area contributed by atoms with Crippen LogP contribution in [0.3, 0.4) is 0 Å². The van der Waals surface area contributed by atoms with E-state index >= 15 is 0 Å². The van der Waals surface area contributed by atoms with Gasteiger partial charge in [0.15, 0.2) is 10.9 Å². The molecule has 0 atom stereocenters. The Kier molecular flexibility index (Phi) is 7.10. The van der Waals surface area contributed by atoms with Gasteiger partial charge in [0.25, 0.3) is 0 Å². The molecule has 6 nitrogen and oxygen atoms in total. The first-order chi connectivity index (χ1) is 15.4. The molecule has 32 heavy (non-hydrogen) atoms. The fraction of sp³-hybridized carbons (Fsp3) is 0.0952. The van der Waals surface area contributed by atoms with Crippen LogP contribution in [0.25, 0.3) is 0 Å². The van der Waals surface area contributed by atoms with Crippen LogP contribution in [-0.2, 0) is 13.1 Å². The molecule has 0 radical (unpaired) electrons. The van der Waals surface area contributed by atoms with Crippen molar-refractivity contribution >= 4 is 68.0 Å². The Balaban J connectivity index is 1.38. The molecule has 0 aliphatic heterocycles. The molecule has 0 fully saturated rings. The fourth-order valence-electron chi connectivity index (χ4n) is 3.02. The van der Waals surface area contributed by atoms with E-state index in [9.17, 15) is 4.39 Å². The lowest BCUT2D eigenvalue weighted by Crippen LogP contribution is -2.19. The minimum atomic E-state index is -0.384. The van der Waals surface area contributed by atoms with Gasteiger partial charge in [-0.15, -0.1) is 0 Å². The summed E-state index contributed by atoms with van der Waals surface area (Å²) in [5.41, 5.74) is 2.12. The molecule has 4 rings (SSSR count). The molecular weight excluding hydrogens is 538 g/mol. The number of anilines is 2. The lowest BCUT2D eigenvalue weighted by Gasteiger charge is -2.08. The SMILES string of the molecule is Fc1cccc(Cl)c1Cn1cc(Br)c(NC(=S)Nc2cnn(Cc3cccc(Cl)c3)c2)n1. The van der Waals surface area contributed by atoms with Gasteiger partial charge in [-0.2, -0.15) is 10.2 Å². The average Bonchev–Trinajstić information content (AvgIpc) is 3.31. The third-order valence-electron chi connectivity index (χ3n) is 4.46. The van der Waals surface area contributed by atoms with E-state index in [0.717, 1.165) is 11.3 Å². The maximum absolute atomic E-state index is 14.1. The van der Waals surface area contributed by atoms with Crippen molar-refractivity contribution in [3.8, 4) is 0 Å². The van der Waals surface area contributed by atoms with Gasteiger partial charge in [-0.05, 0) is 58.0 Å². The van der Waals surface area contributed by atoms with Crippen molar-refractivity contribution in [2.75, 3.05) is 10.6 Å². The van der Waals surface area contributed by atoms with E-state index in [-0.39, 0.29) is 12.4 Å². The third kappa shape index (κ3) is 5.66. The third-order valence-corrected chi connectivity index (χ3v) is 5.83. The summed E-state index contributed by atoms with van der Waals surface area (Å²) in [4.78, 5) is 0. The summed E-state index contributed by atoms with van der Waals surface area (Å²) < 4.78 is 18.1. The van der Waals surface area contributed by atoms with Crippen LogP contribution in [-0.4, -0.2) is 24.7 Å². The Morgan fingerprint density at radius 1 is 1.06 bits per heavy atom.